The average molecular weight is 418 g/mol. The summed E-state index contributed by atoms with van der Waals surface area (Å²) in [4.78, 5) is 25.1. The van der Waals surface area contributed by atoms with E-state index in [1.54, 1.807) is 44.8 Å². The van der Waals surface area contributed by atoms with Crippen LogP contribution in [0.15, 0.2) is 48.8 Å². The number of H-pyrrole nitrogens is 1. The van der Waals surface area contributed by atoms with Crippen LogP contribution in [0, 0.1) is 0 Å². The molecular weight excluding hydrogens is 396 g/mol. The normalized spacial score (nSPS) is 16.1. The van der Waals surface area contributed by atoms with Gasteiger partial charge in [0.25, 0.3) is 5.91 Å². The molecule has 2 aromatic carbocycles. The van der Waals surface area contributed by atoms with Crippen molar-refractivity contribution in [2.24, 2.45) is 0 Å². The molecule has 9 nitrogen and oxygen atoms in total. The summed E-state index contributed by atoms with van der Waals surface area (Å²) in [5, 5.41) is 8.40. The molecule has 158 valence electrons. The van der Waals surface area contributed by atoms with Gasteiger partial charge < -0.3 is 19.4 Å². The van der Waals surface area contributed by atoms with Crippen LogP contribution < -0.4 is 9.47 Å². The molecule has 0 saturated carbocycles. The maximum Gasteiger partial charge on any atom is 0.256 e. The molecule has 0 spiro atoms. The van der Waals surface area contributed by atoms with E-state index in [0.717, 1.165) is 35.4 Å². The fraction of sp³-hybridized carbons (Fsp3) is 0.273. The number of aromatic amines is 1. The van der Waals surface area contributed by atoms with Gasteiger partial charge in [0.1, 0.15) is 17.3 Å². The predicted molar refractivity (Wildman–Crippen MR) is 114 cm³/mol. The summed E-state index contributed by atoms with van der Waals surface area (Å²) in [7, 11) is 3.22. The lowest BCUT2D eigenvalue weighted by atomic mass is 10.1. The minimum Gasteiger partial charge on any atom is -0.497 e. The summed E-state index contributed by atoms with van der Waals surface area (Å²) in [6.45, 7) is 0.646. The van der Waals surface area contributed by atoms with Crippen LogP contribution in [-0.2, 0) is 0 Å². The fourth-order valence-electron chi connectivity index (χ4n) is 4.07. The van der Waals surface area contributed by atoms with Gasteiger partial charge >= 0.3 is 0 Å². The van der Waals surface area contributed by atoms with Crippen LogP contribution in [0.25, 0.3) is 16.7 Å². The Morgan fingerprint density at radius 3 is 2.58 bits per heavy atom. The van der Waals surface area contributed by atoms with Crippen molar-refractivity contribution in [2.75, 3.05) is 20.8 Å². The van der Waals surface area contributed by atoms with E-state index in [1.165, 1.54) is 4.80 Å². The zero-order valence-electron chi connectivity index (χ0n) is 17.3. The molecule has 0 radical (unpaired) electrons. The molecule has 0 bridgehead atoms. The monoisotopic (exact) mass is 418 g/mol. The number of ether oxygens (including phenoxy) is 2. The van der Waals surface area contributed by atoms with E-state index < -0.39 is 0 Å². The van der Waals surface area contributed by atoms with Crippen molar-refractivity contribution in [1.82, 2.24) is 29.9 Å². The van der Waals surface area contributed by atoms with Gasteiger partial charge in [-0.25, -0.2) is 4.98 Å². The number of nitrogens with zero attached hydrogens (tertiary/aromatic N) is 5. The number of amides is 1. The first kappa shape index (κ1) is 19.1. The molecule has 5 rings (SSSR count). The van der Waals surface area contributed by atoms with Gasteiger partial charge in [0.15, 0.2) is 0 Å². The molecule has 0 unspecified atom stereocenters. The third-order valence-electron chi connectivity index (χ3n) is 5.61. The van der Waals surface area contributed by atoms with Crippen molar-refractivity contribution in [3.8, 4) is 17.2 Å². The number of imidazole rings is 1. The SMILES string of the molecule is COc1ccc(-n2nccn2)c(C(=O)N2CCC[C@H]2c2nc3ccc(OC)cc3[nH]2)c1. The minimum atomic E-state index is -0.143. The molecule has 1 saturated heterocycles. The Morgan fingerprint density at radius 2 is 1.81 bits per heavy atom. The lowest BCUT2D eigenvalue weighted by molar-refractivity contribution is 0.0730. The number of fused-ring (bicyclic) bond motifs is 1. The smallest absolute Gasteiger partial charge is 0.256 e. The minimum absolute atomic E-state index is 0.105. The molecule has 1 amide bonds. The molecule has 1 atom stereocenters. The lowest BCUT2D eigenvalue weighted by Crippen LogP contribution is -2.32. The van der Waals surface area contributed by atoms with Crippen molar-refractivity contribution in [3.05, 3.63) is 60.2 Å². The first-order valence-electron chi connectivity index (χ1n) is 10.1. The van der Waals surface area contributed by atoms with Crippen LogP contribution in [0.1, 0.15) is 35.1 Å². The number of carbonyl (C=O) groups is 1. The summed E-state index contributed by atoms with van der Waals surface area (Å²) < 4.78 is 10.7. The van der Waals surface area contributed by atoms with Crippen molar-refractivity contribution in [2.45, 2.75) is 18.9 Å². The molecule has 9 heteroatoms. The van der Waals surface area contributed by atoms with Gasteiger partial charge in [-0.1, -0.05) is 0 Å². The Balaban J connectivity index is 1.52. The number of methoxy groups -OCH3 is 2. The molecule has 0 aliphatic carbocycles. The Morgan fingerprint density at radius 1 is 1.06 bits per heavy atom. The van der Waals surface area contributed by atoms with Gasteiger partial charge in [-0.05, 0) is 43.2 Å². The summed E-state index contributed by atoms with van der Waals surface area (Å²) in [5.74, 6) is 2.03. The van der Waals surface area contributed by atoms with Crippen LogP contribution in [0.3, 0.4) is 0 Å². The largest absolute Gasteiger partial charge is 0.497 e. The van der Waals surface area contributed by atoms with Crippen molar-refractivity contribution in [3.63, 3.8) is 0 Å². The highest BCUT2D eigenvalue weighted by Gasteiger charge is 2.34. The molecule has 3 heterocycles. The van der Waals surface area contributed by atoms with E-state index >= 15 is 0 Å². The first-order valence-corrected chi connectivity index (χ1v) is 10.1. The number of benzene rings is 2. The quantitative estimate of drug-likeness (QED) is 0.535. The van der Waals surface area contributed by atoms with Crippen LogP contribution in [0.4, 0.5) is 0 Å². The number of likely N-dealkylation sites (tertiary alicyclic amines) is 1. The topological polar surface area (TPSA) is 98.2 Å². The summed E-state index contributed by atoms with van der Waals surface area (Å²) in [5.41, 5.74) is 2.82. The molecule has 1 aliphatic rings. The standard InChI is InChI=1S/C22H22N6O3/c1-30-14-6-8-19(28-23-9-10-24-28)16(12-14)22(29)27-11-3-4-20(27)21-25-17-7-5-15(31-2)13-18(17)26-21/h5-10,12-13,20H,3-4,11H2,1-2H3,(H,25,26)/t20-/m0/s1. The van der Waals surface area contributed by atoms with Gasteiger partial charge in [-0.15, -0.1) is 0 Å². The second-order valence-electron chi connectivity index (χ2n) is 7.36. The van der Waals surface area contributed by atoms with E-state index in [0.29, 0.717) is 23.5 Å². The van der Waals surface area contributed by atoms with Crippen LogP contribution in [0.5, 0.6) is 11.5 Å². The molecule has 1 aliphatic heterocycles. The summed E-state index contributed by atoms with van der Waals surface area (Å²) in [6, 6.07) is 10.9. The van der Waals surface area contributed by atoms with Gasteiger partial charge in [0.05, 0.1) is 54.9 Å². The van der Waals surface area contributed by atoms with E-state index in [4.69, 9.17) is 14.5 Å². The number of rotatable bonds is 5. The number of nitrogens with one attached hydrogen (secondary N) is 1. The number of hydrogen-bond acceptors (Lipinski definition) is 6. The van der Waals surface area contributed by atoms with E-state index in [1.807, 2.05) is 23.1 Å². The summed E-state index contributed by atoms with van der Waals surface area (Å²) in [6.07, 6.45) is 4.90. The zero-order valence-corrected chi connectivity index (χ0v) is 17.3. The van der Waals surface area contributed by atoms with Crippen LogP contribution in [0.2, 0.25) is 0 Å². The fourth-order valence-corrected chi connectivity index (χ4v) is 4.07. The molecular formula is C22H22N6O3. The number of carbonyl (C=O) groups excluding carboxylic acids is 1. The molecule has 31 heavy (non-hydrogen) atoms. The highest BCUT2D eigenvalue weighted by molar-refractivity contribution is 5.98. The van der Waals surface area contributed by atoms with Gasteiger partial charge in [-0.2, -0.15) is 15.0 Å². The van der Waals surface area contributed by atoms with Gasteiger partial charge in [-0.3, -0.25) is 4.79 Å². The van der Waals surface area contributed by atoms with Crippen molar-refractivity contribution in [1.29, 1.82) is 0 Å². The second-order valence-corrected chi connectivity index (χ2v) is 7.36. The summed E-state index contributed by atoms with van der Waals surface area (Å²) >= 11 is 0. The molecule has 1 fully saturated rings. The number of aromatic nitrogens is 5. The van der Waals surface area contributed by atoms with E-state index in [-0.39, 0.29) is 11.9 Å². The van der Waals surface area contributed by atoms with Crippen LogP contribution >= 0.6 is 0 Å². The molecule has 2 aromatic heterocycles. The highest BCUT2D eigenvalue weighted by atomic mass is 16.5. The highest BCUT2D eigenvalue weighted by Crippen LogP contribution is 2.34. The van der Waals surface area contributed by atoms with Gasteiger partial charge in [0, 0.05) is 12.6 Å². The average Bonchev–Trinajstić information content (AvgIpc) is 3.57. The predicted octanol–water partition coefficient (Wildman–Crippen LogP) is 3.14. The molecule has 1 N–H and O–H groups in total. The first-order chi connectivity index (χ1) is 15.2. The van der Waals surface area contributed by atoms with E-state index in [2.05, 4.69) is 15.2 Å². The number of hydrogen-bond donors (Lipinski definition) is 1. The Hall–Kier alpha value is -3.88. The lowest BCUT2D eigenvalue weighted by Gasteiger charge is -2.24. The van der Waals surface area contributed by atoms with Crippen LogP contribution in [-0.4, -0.2) is 56.5 Å². The maximum absolute atomic E-state index is 13.7. The van der Waals surface area contributed by atoms with Crippen molar-refractivity contribution < 1.29 is 14.3 Å². The maximum atomic E-state index is 13.7. The Labute approximate surface area is 178 Å². The third kappa shape index (κ3) is 3.37. The molecule has 4 aromatic rings. The van der Waals surface area contributed by atoms with Gasteiger partial charge in [0.2, 0.25) is 0 Å². The third-order valence-corrected chi connectivity index (χ3v) is 5.61. The second kappa shape index (κ2) is 7.75. The van der Waals surface area contributed by atoms with E-state index in [9.17, 15) is 4.79 Å². The van der Waals surface area contributed by atoms with Crippen molar-refractivity contribution >= 4 is 16.9 Å². The Bertz CT molecular complexity index is 1230. The Kier molecular flexibility index (Phi) is 4.78. The zero-order chi connectivity index (χ0) is 21.4.